The Morgan fingerprint density at radius 1 is 0.784 bits per heavy atom. The summed E-state index contributed by atoms with van der Waals surface area (Å²) in [5.41, 5.74) is 1.58. The van der Waals surface area contributed by atoms with E-state index in [2.05, 4.69) is 5.32 Å². The van der Waals surface area contributed by atoms with Crippen LogP contribution in [-0.4, -0.2) is 65.1 Å². The highest BCUT2D eigenvalue weighted by atomic mass is 35.5. The number of carbonyl (C=O) groups excluding carboxylic acids is 2. The normalized spacial score (nSPS) is 13.7. The van der Waals surface area contributed by atoms with E-state index in [0.29, 0.717) is 16.3 Å². The number of anilines is 1. The van der Waals surface area contributed by atoms with Crippen LogP contribution < -0.4 is 23.8 Å². The van der Waals surface area contributed by atoms with Gasteiger partial charge in [-0.1, -0.05) is 78.5 Å². The van der Waals surface area contributed by atoms with Crippen molar-refractivity contribution < 1.29 is 32.2 Å². The van der Waals surface area contributed by atoms with E-state index in [1.807, 2.05) is 30.3 Å². The van der Waals surface area contributed by atoms with Crippen LogP contribution in [0.1, 0.15) is 36.8 Å². The molecule has 270 valence electrons. The van der Waals surface area contributed by atoms with Crippen LogP contribution in [0.15, 0.2) is 95.9 Å². The Kier molecular flexibility index (Phi) is 12.7. The van der Waals surface area contributed by atoms with Crippen LogP contribution in [0.4, 0.5) is 5.69 Å². The van der Waals surface area contributed by atoms with E-state index in [-0.39, 0.29) is 52.0 Å². The van der Waals surface area contributed by atoms with E-state index in [4.69, 9.17) is 37.4 Å². The molecule has 0 saturated heterocycles. The highest BCUT2D eigenvalue weighted by Crippen LogP contribution is 2.37. The molecule has 4 aromatic rings. The van der Waals surface area contributed by atoms with Gasteiger partial charge in [0.15, 0.2) is 11.5 Å². The van der Waals surface area contributed by atoms with Crippen molar-refractivity contribution >= 4 is 50.7 Å². The summed E-state index contributed by atoms with van der Waals surface area (Å²) in [6.07, 6.45) is 3.90. The molecule has 1 fully saturated rings. The third-order valence-corrected chi connectivity index (χ3v) is 11.1. The molecule has 1 aliphatic carbocycles. The molecule has 1 saturated carbocycles. The zero-order chi connectivity index (χ0) is 36.5. The SMILES string of the molecule is COc1ccc(S(=O)(=O)N(CC(=O)N(Cc2ccc(Cl)cc2)[C@@H](Cc2ccccc2)C(=O)NC2CCCC2)c2cc(Cl)ccc2OC)cc1OC. The number of methoxy groups -OCH3 is 3. The van der Waals surface area contributed by atoms with Crippen LogP contribution >= 0.6 is 23.2 Å². The van der Waals surface area contributed by atoms with Crippen LogP contribution in [0, 0.1) is 0 Å². The number of rotatable bonds is 15. The molecule has 0 heterocycles. The molecule has 0 spiro atoms. The van der Waals surface area contributed by atoms with Gasteiger partial charge in [0, 0.05) is 35.1 Å². The van der Waals surface area contributed by atoms with Gasteiger partial charge in [-0.25, -0.2) is 8.42 Å². The topological polar surface area (TPSA) is 114 Å². The summed E-state index contributed by atoms with van der Waals surface area (Å²) in [6, 6.07) is 24.0. The lowest BCUT2D eigenvalue weighted by Gasteiger charge is -2.34. The Morgan fingerprint density at radius 2 is 1.41 bits per heavy atom. The Hall–Kier alpha value is -4.45. The summed E-state index contributed by atoms with van der Waals surface area (Å²) in [4.78, 5) is 30.3. The lowest BCUT2D eigenvalue weighted by atomic mass is 10.0. The fourth-order valence-corrected chi connectivity index (χ4v) is 7.91. The molecule has 2 amide bonds. The second kappa shape index (κ2) is 17.2. The van der Waals surface area contributed by atoms with Gasteiger partial charge in [-0.05, 0) is 66.4 Å². The maximum absolute atomic E-state index is 14.9. The summed E-state index contributed by atoms with van der Waals surface area (Å²) in [5.74, 6) is -0.272. The standard InChI is InChI=1S/C38H41Cl2N3O7S/c1-48-34-19-17-29(40)22-32(34)43(51(46,47)31-18-20-35(49-2)36(23-31)50-3)25-37(44)42(24-27-13-15-28(39)16-14-27)33(21-26-9-5-4-6-10-26)38(45)41-30-11-7-8-12-30/h4-6,9-10,13-20,22-23,30,33H,7-8,11-12,21,24-25H2,1-3H3,(H,41,45)/t33-/m0/s1. The summed E-state index contributed by atoms with van der Waals surface area (Å²) in [7, 11) is -0.264. The molecule has 4 aromatic carbocycles. The third kappa shape index (κ3) is 9.27. The van der Waals surface area contributed by atoms with E-state index >= 15 is 0 Å². The number of ether oxygens (including phenoxy) is 3. The van der Waals surface area contributed by atoms with Gasteiger partial charge in [-0.15, -0.1) is 0 Å². The molecule has 1 N–H and O–H groups in total. The first-order chi connectivity index (χ1) is 24.5. The van der Waals surface area contributed by atoms with Crippen LogP contribution in [0.25, 0.3) is 0 Å². The van der Waals surface area contributed by atoms with Gasteiger partial charge in [0.25, 0.3) is 10.0 Å². The monoisotopic (exact) mass is 753 g/mol. The van der Waals surface area contributed by atoms with Crippen molar-refractivity contribution in [1.82, 2.24) is 10.2 Å². The van der Waals surface area contributed by atoms with Gasteiger partial charge < -0.3 is 24.4 Å². The first-order valence-corrected chi connectivity index (χ1v) is 18.7. The molecule has 10 nitrogen and oxygen atoms in total. The molecule has 0 bridgehead atoms. The van der Waals surface area contributed by atoms with Gasteiger partial charge in [0.05, 0.1) is 31.9 Å². The van der Waals surface area contributed by atoms with Crippen LogP contribution in [0.3, 0.4) is 0 Å². The van der Waals surface area contributed by atoms with E-state index in [9.17, 15) is 18.0 Å². The predicted molar refractivity (Wildman–Crippen MR) is 198 cm³/mol. The number of benzene rings is 4. The molecule has 1 atom stereocenters. The van der Waals surface area contributed by atoms with E-state index in [0.717, 1.165) is 35.6 Å². The van der Waals surface area contributed by atoms with Crippen molar-refractivity contribution in [1.29, 1.82) is 0 Å². The van der Waals surface area contributed by atoms with Crippen LogP contribution in [-0.2, 0) is 32.6 Å². The van der Waals surface area contributed by atoms with Crippen molar-refractivity contribution in [2.45, 2.75) is 55.6 Å². The summed E-state index contributed by atoms with van der Waals surface area (Å²) in [5, 5.41) is 3.91. The molecule has 0 radical (unpaired) electrons. The summed E-state index contributed by atoms with van der Waals surface area (Å²) < 4.78 is 46.5. The van der Waals surface area contributed by atoms with Crippen molar-refractivity contribution in [3.8, 4) is 17.2 Å². The number of nitrogens with one attached hydrogen (secondary N) is 1. The Bertz CT molecular complexity index is 1920. The second-order valence-electron chi connectivity index (χ2n) is 12.2. The third-order valence-electron chi connectivity index (χ3n) is 8.87. The molecule has 51 heavy (non-hydrogen) atoms. The first-order valence-electron chi connectivity index (χ1n) is 16.5. The average Bonchev–Trinajstić information content (AvgIpc) is 3.65. The molecule has 5 rings (SSSR count). The maximum Gasteiger partial charge on any atom is 0.265 e. The molecular formula is C38H41Cl2N3O7S. The Balaban J connectivity index is 1.62. The van der Waals surface area contributed by atoms with Crippen molar-refractivity contribution in [2.24, 2.45) is 0 Å². The quantitative estimate of drug-likeness (QED) is 0.140. The average molecular weight is 755 g/mol. The zero-order valence-corrected chi connectivity index (χ0v) is 31.0. The molecule has 0 aromatic heterocycles. The largest absolute Gasteiger partial charge is 0.495 e. The van der Waals surface area contributed by atoms with Gasteiger partial charge in [-0.3, -0.25) is 13.9 Å². The zero-order valence-electron chi connectivity index (χ0n) is 28.7. The Labute approximate surface area is 309 Å². The number of halogens is 2. The number of nitrogens with zero attached hydrogens (tertiary/aromatic N) is 2. The number of carbonyl (C=O) groups is 2. The fourth-order valence-electron chi connectivity index (χ4n) is 6.18. The lowest BCUT2D eigenvalue weighted by molar-refractivity contribution is -0.140. The minimum absolute atomic E-state index is 0.00250. The highest BCUT2D eigenvalue weighted by molar-refractivity contribution is 7.92. The second-order valence-corrected chi connectivity index (χ2v) is 14.9. The number of amides is 2. The van der Waals surface area contributed by atoms with Gasteiger partial charge in [0.2, 0.25) is 11.8 Å². The predicted octanol–water partition coefficient (Wildman–Crippen LogP) is 6.91. The van der Waals surface area contributed by atoms with Gasteiger partial charge in [-0.2, -0.15) is 0 Å². The molecule has 0 aliphatic heterocycles. The molecular weight excluding hydrogens is 713 g/mol. The van der Waals surface area contributed by atoms with E-state index in [1.165, 1.54) is 56.6 Å². The summed E-state index contributed by atoms with van der Waals surface area (Å²) in [6.45, 7) is -0.689. The van der Waals surface area contributed by atoms with Gasteiger partial charge in [0.1, 0.15) is 18.3 Å². The molecule has 1 aliphatic rings. The van der Waals surface area contributed by atoms with Crippen molar-refractivity contribution in [2.75, 3.05) is 32.2 Å². The van der Waals surface area contributed by atoms with Crippen LogP contribution in [0.2, 0.25) is 10.0 Å². The van der Waals surface area contributed by atoms with Crippen molar-refractivity contribution in [3.05, 3.63) is 112 Å². The number of hydrogen-bond acceptors (Lipinski definition) is 7. The highest BCUT2D eigenvalue weighted by Gasteiger charge is 2.37. The molecule has 0 unspecified atom stereocenters. The first kappa shape index (κ1) is 37.8. The van der Waals surface area contributed by atoms with Crippen molar-refractivity contribution in [3.63, 3.8) is 0 Å². The van der Waals surface area contributed by atoms with Gasteiger partial charge >= 0.3 is 0 Å². The smallest absolute Gasteiger partial charge is 0.265 e. The fraction of sp³-hybridized carbons (Fsp3) is 0.316. The Morgan fingerprint density at radius 3 is 2.06 bits per heavy atom. The maximum atomic E-state index is 14.9. The summed E-state index contributed by atoms with van der Waals surface area (Å²) >= 11 is 12.6. The number of hydrogen-bond donors (Lipinski definition) is 1. The molecule has 13 heteroatoms. The lowest BCUT2D eigenvalue weighted by Crippen LogP contribution is -2.54. The minimum Gasteiger partial charge on any atom is -0.495 e. The van der Waals surface area contributed by atoms with E-state index in [1.54, 1.807) is 30.3 Å². The minimum atomic E-state index is -4.50. The number of sulfonamides is 1. The van der Waals surface area contributed by atoms with Crippen LogP contribution in [0.5, 0.6) is 17.2 Å². The van der Waals surface area contributed by atoms with E-state index < -0.39 is 28.5 Å².